The summed E-state index contributed by atoms with van der Waals surface area (Å²) < 4.78 is 10.3. The number of ether oxygens (including phenoxy) is 2. The molecular formula is C20H19Cl2NO4. The average molecular weight is 408 g/mol. The molecule has 3 rings (SSSR count). The number of hydrogen-bond donors (Lipinski definition) is 1. The van der Waals surface area contributed by atoms with Crippen molar-refractivity contribution in [2.24, 2.45) is 0 Å². The number of rotatable bonds is 6. The van der Waals surface area contributed by atoms with Gasteiger partial charge in [0.15, 0.2) is 13.2 Å². The van der Waals surface area contributed by atoms with E-state index < -0.39 is 5.97 Å². The molecule has 0 aliphatic heterocycles. The SMILES string of the molecule is O=C(COC(=O)COc1ccc(Cl)cc1Cl)N[C@@H]1CCCc2ccccc21. The fraction of sp³-hybridized carbons (Fsp3) is 0.300. The number of nitrogens with one attached hydrogen (secondary N) is 1. The first-order valence-electron chi connectivity index (χ1n) is 8.63. The van der Waals surface area contributed by atoms with E-state index in [1.807, 2.05) is 18.2 Å². The van der Waals surface area contributed by atoms with Crippen LogP contribution in [0, 0.1) is 0 Å². The number of esters is 1. The molecule has 0 fully saturated rings. The van der Waals surface area contributed by atoms with Gasteiger partial charge in [-0.2, -0.15) is 0 Å². The normalized spacial score (nSPS) is 15.6. The van der Waals surface area contributed by atoms with E-state index in [1.54, 1.807) is 12.1 Å². The van der Waals surface area contributed by atoms with Gasteiger partial charge >= 0.3 is 5.97 Å². The number of aryl methyl sites for hydroxylation is 1. The fourth-order valence-electron chi connectivity index (χ4n) is 3.06. The molecule has 1 aliphatic rings. The summed E-state index contributed by atoms with van der Waals surface area (Å²) in [7, 11) is 0. The molecular weight excluding hydrogens is 389 g/mol. The second-order valence-electron chi connectivity index (χ2n) is 6.24. The zero-order valence-electron chi connectivity index (χ0n) is 14.5. The Morgan fingerprint density at radius 1 is 1.11 bits per heavy atom. The van der Waals surface area contributed by atoms with E-state index in [0.717, 1.165) is 24.8 Å². The Hall–Kier alpha value is -2.24. The van der Waals surface area contributed by atoms with Crippen molar-refractivity contribution >= 4 is 35.1 Å². The fourth-order valence-corrected chi connectivity index (χ4v) is 3.52. The molecule has 2 aromatic carbocycles. The van der Waals surface area contributed by atoms with Crippen LogP contribution in [0.1, 0.15) is 30.0 Å². The van der Waals surface area contributed by atoms with Gasteiger partial charge in [0.1, 0.15) is 5.75 Å². The molecule has 1 N–H and O–H groups in total. The summed E-state index contributed by atoms with van der Waals surface area (Å²) in [6, 6.07) is 12.7. The Bertz CT molecular complexity index is 840. The zero-order valence-corrected chi connectivity index (χ0v) is 16.1. The van der Waals surface area contributed by atoms with Gasteiger partial charge < -0.3 is 14.8 Å². The maximum Gasteiger partial charge on any atom is 0.344 e. The third-order valence-electron chi connectivity index (χ3n) is 4.31. The highest BCUT2D eigenvalue weighted by atomic mass is 35.5. The van der Waals surface area contributed by atoms with E-state index in [1.165, 1.54) is 11.6 Å². The smallest absolute Gasteiger partial charge is 0.344 e. The Balaban J connectivity index is 1.45. The van der Waals surface area contributed by atoms with Crippen molar-refractivity contribution in [3.63, 3.8) is 0 Å². The minimum Gasteiger partial charge on any atom is -0.480 e. The molecule has 0 radical (unpaired) electrons. The second kappa shape index (κ2) is 9.11. The van der Waals surface area contributed by atoms with Gasteiger partial charge in [0.2, 0.25) is 0 Å². The first-order valence-corrected chi connectivity index (χ1v) is 9.39. The van der Waals surface area contributed by atoms with Crippen LogP contribution in [0.5, 0.6) is 5.75 Å². The van der Waals surface area contributed by atoms with E-state index in [4.69, 9.17) is 32.7 Å². The van der Waals surface area contributed by atoms with Gasteiger partial charge in [-0.15, -0.1) is 0 Å². The second-order valence-corrected chi connectivity index (χ2v) is 7.08. The lowest BCUT2D eigenvalue weighted by atomic mass is 9.88. The third kappa shape index (κ3) is 5.37. The number of carbonyl (C=O) groups excluding carboxylic acids is 2. The van der Waals surface area contributed by atoms with Gasteiger partial charge in [0.05, 0.1) is 11.1 Å². The summed E-state index contributed by atoms with van der Waals surface area (Å²) in [6.07, 6.45) is 2.90. The lowest BCUT2D eigenvalue weighted by Gasteiger charge is -2.26. The minimum atomic E-state index is -0.653. The van der Waals surface area contributed by atoms with E-state index in [-0.39, 0.29) is 25.2 Å². The van der Waals surface area contributed by atoms with Crippen molar-refractivity contribution in [1.82, 2.24) is 5.32 Å². The maximum atomic E-state index is 12.1. The third-order valence-corrected chi connectivity index (χ3v) is 4.84. The first kappa shape index (κ1) is 19.5. The first-order chi connectivity index (χ1) is 13.0. The number of halogens is 2. The minimum absolute atomic E-state index is 0.0507. The summed E-state index contributed by atoms with van der Waals surface area (Å²) in [4.78, 5) is 23.9. The van der Waals surface area contributed by atoms with Crippen LogP contribution in [0.25, 0.3) is 0 Å². The van der Waals surface area contributed by atoms with Crippen molar-refractivity contribution in [3.8, 4) is 5.75 Å². The quantitative estimate of drug-likeness (QED) is 0.731. The van der Waals surface area contributed by atoms with E-state index in [2.05, 4.69) is 11.4 Å². The molecule has 1 amide bonds. The number of benzene rings is 2. The monoisotopic (exact) mass is 407 g/mol. The molecule has 0 saturated carbocycles. The molecule has 0 heterocycles. The van der Waals surface area contributed by atoms with Crippen LogP contribution < -0.4 is 10.1 Å². The highest BCUT2D eigenvalue weighted by Gasteiger charge is 2.21. The van der Waals surface area contributed by atoms with Gasteiger partial charge in [-0.3, -0.25) is 4.79 Å². The van der Waals surface area contributed by atoms with Crippen LogP contribution in [-0.4, -0.2) is 25.1 Å². The summed E-state index contributed by atoms with van der Waals surface area (Å²) in [5.41, 5.74) is 2.38. The van der Waals surface area contributed by atoms with Crippen molar-refractivity contribution in [2.45, 2.75) is 25.3 Å². The van der Waals surface area contributed by atoms with Crippen LogP contribution >= 0.6 is 23.2 Å². The zero-order chi connectivity index (χ0) is 19.2. The highest BCUT2D eigenvalue weighted by Crippen LogP contribution is 2.29. The van der Waals surface area contributed by atoms with Crippen molar-refractivity contribution in [2.75, 3.05) is 13.2 Å². The number of fused-ring (bicyclic) bond motifs is 1. The molecule has 1 aliphatic carbocycles. The summed E-state index contributed by atoms with van der Waals surface area (Å²) in [6.45, 7) is -0.698. The van der Waals surface area contributed by atoms with Gasteiger partial charge in [-0.1, -0.05) is 47.5 Å². The number of hydrogen-bond acceptors (Lipinski definition) is 4. The van der Waals surface area contributed by atoms with Crippen LogP contribution in [0.4, 0.5) is 0 Å². The summed E-state index contributed by atoms with van der Waals surface area (Å²) in [5, 5.41) is 3.69. The molecule has 0 saturated heterocycles. The van der Waals surface area contributed by atoms with Crippen LogP contribution in [0.3, 0.4) is 0 Å². The van der Waals surface area contributed by atoms with Gasteiger partial charge in [0.25, 0.3) is 5.91 Å². The predicted molar refractivity (Wildman–Crippen MR) is 103 cm³/mol. The molecule has 0 bridgehead atoms. The van der Waals surface area contributed by atoms with E-state index in [0.29, 0.717) is 15.8 Å². The topological polar surface area (TPSA) is 64.6 Å². The highest BCUT2D eigenvalue weighted by molar-refractivity contribution is 6.35. The van der Waals surface area contributed by atoms with Crippen molar-refractivity contribution < 1.29 is 19.1 Å². The molecule has 0 spiro atoms. The van der Waals surface area contributed by atoms with E-state index >= 15 is 0 Å². The molecule has 27 heavy (non-hydrogen) atoms. The standard InChI is InChI=1S/C20H19Cl2NO4/c21-14-8-9-18(16(22)10-14)26-12-20(25)27-11-19(24)23-17-7-3-5-13-4-1-2-6-15(13)17/h1-2,4,6,8-10,17H,3,5,7,11-12H2,(H,23,24)/t17-/m1/s1. The van der Waals surface area contributed by atoms with Gasteiger partial charge in [-0.05, 0) is 48.6 Å². The van der Waals surface area contributed by atoms with Crippen LogP contribution in [0.15, 0.2) is 42.5 Å². The molecule has 1 atom stereocenters. The van der Waals surface area contributed by atoms with Crippen molar-refractivity contribution in [1.29, 1.82) is 0 Å². The predicted octanol–water partition coefficient (Wildman–Crippen LogP) is 4.11. The van der Waals surface area contributed by atoms with Crippen molar-refractivity contribution in [3.05, 3.63) is 63.6 Å². The maximum absolute atomic E-state index is 12.1. The molecule has 142 valence electrons. The number of amides is 1. The lowest BCUT2D eigenvalue weighted by molar-refractivity contribution is -0.150. The van der Waals surface area contributed by atoms with E-state index in [9.17, 15) is 9.59 Å². The van der Waals surface area contributed by atoms with Crippen LogP contribution in [-0.2, 0) is 20.7 Å². The summed E-state index contributed by atoms with van der Waals surface area (Å²) >= 11 is 11.8. The molecule has 0 unspecified atom stereocenters. The lowest BCUT2D eigenvalue weighted by Crippen LogP contribution is -2.34. The van der Waals surface area contributed by atoms with Crippen LogP contribution in [0.2, 0.25) is 10.0 Å². The Kier molecular flexibility index (Phi) is 6.58. The average Bonchev–Trinajstić information content (AvgIpc) is 2.66. The molecule has 2 aromatic rings. The molecule has 5 nitrogen and oxygen atoms in total. The van der Waals surface area contributed by atoms with Gasteiger partial charge in [0, 0.05) is 5.02 Å². The van der Waals surface area contributed by atoms with Gasteiger partial charge in [-0.25, -0.2) is 4.79 Å². The Labute approximate surface area is 167 Å². The molecule has 7 heteroatoms. The molecule has 0 aromatic heterocycles. The number of carbonyl (C=O) groups is 2. The largest absolute Gasteiger partial charge is 0.480 e. The summed E-state index contributed by atoms with van der Waals surface area (Å²) in [5.74, 6) is -0.670. The Morgan fingerprint density at radius 3 is 2.74 bits per heavy atom. The Morgan fingerprint density at radius 2 is 1.93 bits per heavy atom.